The lowest BCUT2D eigenvalue weighted by Gasteiger charge is -2.22. The Hall–Kier alpha value is -1.75. The molecule has 1 saturated heterocycles. The Bertz CT molecular complexity index is 502. The number of benzene rings is 1. The van der Waals surface area contributed by atoms with Gasteiger partial charge in [-0.1, -0.05) is 12.1 Å². The summed E-state index contributed by atoms with van der Waals surface area (Å²) >= 11 is 0. The van der Waals surface area contributed by atoms with Crippen molar-refractivity contribution in [2.75, 3.05) is 31.1 Å². The van der Waals surface area contributed by atoms with Gasteiger partial charge in [-0.2, -0.15) is 0 Å². The van der Waals surface area contributed by atoms with Crippen molar-refractivity contribution in [3.05, 3.63) is 29.8 Å². The fraction of sp³-hybridized carbons (Fsp3) is 0.611. The van der Waals surface area contributed by atoms with Crippen LogP contribution >= 0.6 is 0 Å². The largest absolute Gasteiger partial charge is 0.444 e. The average Bonchev–Trinajstić information content (AvgIpc) is 3.01. The van der Waals surface area contributed by atoms with Crippen molar-refractivity contribution in [3.63, 3.8) is 0 Å². The van der Waals surface area contributed by atoms with E-state index in [2.05, 4.69) is 34.5 Å². The Morgan fingerprint density at radius 2 is 1.87 bits per heavy atom. The molecule has 1 fully saturated rings. The smallest absolute Gasteiger partial charge is 0.407 e. The van der Waals surface area contributed by atoms with Crippen molar-refractivity contribution >= 4 is 11.8 Å². The van der Waals surface area contributed by atoms with Crippen LogP contribution < -0.4 is 16.0 Å². The third kappa shape index (κ3) is 5.43. The van der Waals surface area contributed by atoms with E-state index in [9.17, 15) is 4.79 Å². The normalized spacial score (nSPS) is 16.3. The molecule has 128 valence electrons. The predicted octanol–water partition coefficient (Wildman–Crippen LogP) is 2.85. The van der Waals surface area contributed by atoms with Gasteiger partial charge in [-0.05, 0) is 51.3 Å². The third-order valence-electron chi connectivity index (χ3n) is 4.01. The van der Waals surface area contributed by atoms with Crippen LogP contribution in [-0.2, 0) is 4.74 Å². The van der Waals surface area contributed by atoms with E-state index in [4.69, 9.17) is 10.5 Å². The maximum Gasteiger partial charge on any atom is 0.407 e. The van der Waals surface area contributed by atoms with Crippen molar-refractivity contribution < 1.29 is 9.53 Å². The topological polar surface area (TPSA) is 67.6 Å². The van der Waals surface area contributed by atoms with Gasteiger partial charge in [-0.15, -0.1) is 0 Å². The van der Waals surface area contributed by atoms with E-state index in [1.165, 1.54) is 18.5 Å². The van der Waals surface area contributed by atoms with Gasteiger partial charge in [0.25, 0.3) is 0 Å². The number of hydrogen-bond acceptors (Lipinski definition) is 4. The van der Waals surface area contributed by atoms with Crippen LogP contribution in [0.5, 0.6) is 0 Å². The van der Waals surface area contributed by atoms with Crippen LogP contribution in [0.15, 0.2) is 24.3 Å². The molecule has 1 amide bonds. The highest BCUT2D eigenvalue weighted by Crippen LogP contribution is 2.23. The lowest BCUT2D eigenvalue weighted by atomic mass is 9.99. The number of rotatable bonds is 5. The summed E-state index contributed by atoms with van der Waals surface area (Å²) in [5.41, 5.74) is 7.80. The minimum atomic E-state index is -0.486. The number of nitrogens with zero attached hydrogens (tertiary/aromatic N) is 1. The zero-order valence-electron chi connectivity index (χ0n) is 14.5. The maximum absolute atomic E-state index is 11.8. The summed E-state index contributed by atoms with van der Waals surface area (Å²) in [5.74, 6) is 0.0927. The molecule has 1 unspecified atom stereocenters. The summed E-state index contributed by atoms with van der Waals surface area (Å²) in [6, 6.07) is 8.53. The van der Waals surface area contributed by atoms with Gasteiger partial charge >= 0.3 is 6.09 Å². The summed E-state index contributed by atoms with van der Waals surface area (Å²) in [5, 5.41) is 2.81. The second kappa shape index (κ2) is 7.68. The molecule has 0 radical (unpaired) electrons. The summed E-state index contributed by atoms with van der Waals surface area (Å²) in [6.45, 7) is 8.80. The number of nitrogens with two attached hydrogens (primary N) is 1. The molecule has 5 heteroatoms. The zero-order valence-corrected chi connectivity index (χ0v) is 14.5. The van der Waals surface area contributed by atoms with Crippen LogP contribution in [0.25, 0.3) is 0 Å². The zero-order chi connectivity index (χ0) is 16.9. The highest BCUT2D eigenvalue weighted by Gasteiger charge is 2.18. The Morgan fingerprint density at radius 1 is 1.26 bits per heavy atom. The standard InChI is InChI=1S/C18H29N3O2/c1-18(2,3)23-17(22)20-13-15(12-19)14-6-8-16(9-7-14)21-10-4-5-11-21/h6-9,15H,4-5,10-13,19H2,1-3H3,(H,20,22). The van der Waals surface area contributed by atoms with Crippen molar-refractivity contribution in [3.8, 4) is 0 Å². The third-order valence-corrected chi connectivity index (χ3v) is 4.01. The molecule has 1 aromatic rings. The number of carbonyl (C=O) groups excluding carboxylic acids is 1. The van der Waals surface area contributed by atoms with Crippen molar-refractivity contribution in [2.24, 2.45) is 5.73 Å². The van der Waals surface area contributed by atoms with E-state index >= 15 is 0 Å². The second-order valence-corrected chi connectivity index (χ2v) is 7.10. The molecule has 23 heavy (non-hydrogen) atoms. The van der Waals surface area contributed by atoms with E-state index in [0.717, 1.165) is 18.7 Å². The number of anilines is 1. The van der Waals surface area contributed by atoms with E-state index in [-0.39, 0.29) is 5.92 Å². The Morgan fingerprint density at radius 3 is 2.39 bits per heavy atom. The Balaban J connectivity index is 1.91. The fourth-order valence-electron chi connectivity index (χ4n) is 2.79. The molecule has 3 N–H and O–H groups in total. The van der Waals surface area contributed by atoms with E-state index in [0.29, 0.717) is 13.1 Å². The first-order chi connectivity index (χ1) is 10.9. The summed E-state index contributed by atoms with van der Waals surface area (Å²) < 4.78 is 5.26. The molecule has 1 aromatic carbocycles. The molecule has 5 nitrogen and oxygen atoms in total. The predicted molar refractivity (Wildman–Crippen MR) is 93.9 cm³/mol. The van der Waals surface area contributed by atoms with Crippen LogP contribution in [0.4, 0.5) is 10.5 Å². The van der Waals surface area contributed by atoms with Gasteiger partial charge in [-0.3, -0.25) is 0 Å². The lowest BCUT2D eigenvalue weighted by molar-refractivity contribution is 0.0525. The van der Waals surface area contributed by atoms with Gasteiger partial charge in [0.1, 0.15) is 5.60 Å². The van der Waals surface area contributed by atoms with Crippen LogP contribution in [0.1, 0.15) is 45.1 Å². The SMILES string of the molecule is CC(C)(C)OC(=O)NCC(CN)c1ccc(N2CCCC2)cc1. The number of amides is 1. The molecule has 0 saturated carbocycles. The minimum absolute atomic E-state index is 0.0927. The van der Waals surface area contributed by atoms with Gasteiger partial charge in [-0.25, -0.2) is 4.79 Å². The van der Waals surface area contributed by atoms with E-state index in [1.54, 1.807) is 0 Å². The molecule has 0 bridgehead atoms. The molecular formula is C18H29N3O2. The van der Waals surface area contributed by atoms with Crippen molar-refractivity contribution in [2.45, 2.75) is 45.1 Å². The first kappa shape index (κ1) is 17.6. The monoisotopic (exact) mass is 319 g/mol. The highest BCUT2D eigenvalue weighted by molar-refractivity contribution is 5.67. The van der Waals surface area contributed by atoms with Gasteiger partial charge in [0.15, 0.2) is 0 Å². The highest BCUT2D eigenvalue weighted by atomic mass is 16.6. The summed E-state index contributed by atoms with van der Waals surface area (Å²) in [7, 11) is 0. The van der Waals surface area contributed by atoms with Gasteiger partial charge in [0, 0.05) is 37.8 Å². The van der Waals surface area contributed by atoms with Gasteiger partial charge in [0.05, 0.1) is 0 Å². The van der Waals surface area contributed by atoms with Crippen molar-refractivity contribution in [1.82, 2.24) is 5.32 Å². The number of hydrogen-bond donors (Lipinski definition) is 2. The Labute approximate surface area is 139 Å². The first-order valence-electron chi connectivity index (χ1n) is 8.41. The quantitative estimate of drug-likeness (QED) is 0.876. The molecule has 1 aliphatic heterocycles. The van der Waals surface area contributed by atoms with Crippen LogP contribution in [0.3, 0.4) is 0 Å². The van der Waals surface area contributed by atoms with Crippen LogP contribution in [-0.4, -0.2) is 37.9 Å². The number of ether oxygens (including phenoxy) is 1. The number of nitrogens with one attached hydrogen (secondary N) is 1. The maximum atomic E-state index is 11.8. The fourth-order valence-corrected chi connectivity index (χ4v) is 2.79. The number of carbonyl (C=O) groups is 1. The Kier molecular flexibility index (Phi) is 5.88. The molecule has 1 atom stereocenters. The summed E-state index contributed by atoms with van der Waals surface area (Å²) in [4.78, 5) is 14.2. The molecule has 0 aromatic heterocycles. The molecule has 0 spiro atoms. The summed E-state index contributed by atoms with van der Waals surface area (Å²) in [6.07, 6.45) is 2.14. The molecular weight excluding hydrogens is 290 g/mol. The van der Waals surface area contributed by atoms with Crippen LogP contribution in [0, 0.1) is 0 Å². The van der Waals surface area contributed by atoms with Crippen molar-refractivity contribution in [1.29, 1.82) is 0 Å². The minimum Gasteiger partial charge on any atom is -0.444 e. The van der Waals surface area contributed by atoms with Gasteiger partial charge in [0.2, 0.25) is 0 Å². The van der Waals surface area contributed by atoms with E-state index in [1.807, 2.05) is 20.8 Å². The van der Waals surface area contributed by atoms with Crippen LogP contribution in [0.2, 0.25) is 0 Å². The molecule has 1 aliphatic rings. The second-order valence-electron chi connectivity index (χ2n) is 7.10. The molecule has 1 heterocycles. The number of alkyl carbamates (subject to hydrolysis) is 1. The average molecular weight is 319 g/mol. The van der Waals surface area contributed by atoms with E-state index < -0.39 is 11.7 Å². The van der Waals surface area contributed by atoms with Gasteiger partial charge < -0.3 is 20.7 Å². The molecule has 0 aliphatic carbocycles. The lowest BCUT2D eigenvalue weighted by Crippen LogP contribution is -2.36. The molecule has 2 rings (SSSR count). The first-order valence-corrected chi connectivity index (χ1v) is 8.41.